The number of nitro groups is 1. The van der Waals surface area contributed by atoms with E-state index in [1.54, 1.807) is 51.1 Å². The summed E-state index contributed by atoms with van der Waals surface area (Å²) in [5.74, 6) is -1.62. The molecule has 0 radical (unpaired) electrons. The van der Waals surface area contributed by atoms with E-state index in [0.29, 0.717) is 44.1 Å². The standard InChI is InChI=1S/C35H33Cl3N2O8S3/c1-6-50-31-27(18(2)41)30(42)39(31)28(32(43)47-17-19-7-11-21(12-8-19)40(45)46)33(51-34(44)35(3,4)5)48-22-13-9-20(10-14-22)29(49)23-15-25(37)26(38)16-24(23)36/h7-16,18,27,31,41H,6,17H2,1-5H3/t18-,27+,31-/m1/s1. The summed E-state index contributed by atoms with van der Waals surface area (Å²) in [6.45, 7) is 8.15. The van der Waals surface area contributed by atoms with E-state index in [1.165, 1.54) is 53.9 Å². The summed E-state index contributed by atoms with van der Waals surface area (Å²) in [6.07, 6.45) is -1.02. The van der Waals surface area contributed by atoms with Crippen LogP contribution in [0.1, 0.15) is 51.3 Å². The number of aliphatic hydroxyl groups is 1. The number of benzene rings is 3. The topological polar surface area (TPSA) is 136 Å². The number of thiocarbonyl (C=S) groups is 1. The van der Waals surface area contributed by atoms with Crippen LogP contribution in [0.25, 0.3) is 0 Å². The van der Waals surface area contributed by atoms with Crippen molar-refractivity contribution >= 4 is 98.1 Å². The number of carbonyl (C=O) groups excluding carboxylic acids is 3. The molecule has 3 aromatic rings. The average Bonchev–Trinajstić information content (AvgIpc) is 3.06. The third-order valence-electron chi connectivity index (χ3n) is 7.47. The van der Waals surface area contributed by atoms with E-state index in [1.807, 2.05) is 6.92 Å². The Morgan fingerprint density at radius 2 is 1.65 bits per heavy atom. The smallest absolute Gasteiger partial charge is 0.359 e. The predicted octanol–water partition coefficient (Wildman–Crippen LogP) is 8.84. The number of rotatable bonds is 13. The first-order valence-electron chi connectivity index (χ1n) is 15.4. The van der Waals surface area contributed by atoms with Gasteiger partial charge in [0.05, 0.1) is 42.3 Å². The number of likely N-dealkylation sites (tertiary alicyclic amines) is 1. The Hall–Kier alpha value is -3.17. The molecule has 1 heterocycles. The lowest BCUT2D eigenvalue weighted by Crippen LogP contribution is -2.63. The summed E-state index contributed by atoms with van der Waals surface area (Å²) < 4.78 is 11.9. The monoisotopic (exact) mass is 810 g/mol. The number of thioether (sulfide) groups is 2. The van der Waals surface area contributed by atoms with Crippen LogP contribution >= 0.6 is 70.5 Å². The molecule has 0 aromatic heterocycles. The summed E-state index contributed by atoms with van der Waals surface area (Å²) in [5.41, 5.74) is 0.166. The fourth-order valence-corrected chi connectivity index (χ4v) is 7.86. The second kappa shape index (κ2) is 17.1. The zero-order valence-electron chi connectivity index (χ0n) is 28.0. The summed E-state index contributed by atoms with van der Waals surface area (Å²) in [4.78, 5) is 53.3. The Morgan fingerprint density at radius 1 is 1.04 bits per heavy atom. The van der Waals surface area contributed by atoms with Gasteiger partial charge < -0.3 is 14.6 Å². The number of hydrogen-bond acceptors (Lipinski definition) is 11. The van der Waals surface area contributed by atoms with Crippen molar-refractivity contribution in [3.63, 3.8) is 0 Å². The number of esters is 1. The van der Waals surface area contributed by atoms with Gasteiger partial charge in [-0.05, 0) is 84.1 Å². The SMILES string of the molecule is CCS[C@@H]1[C@@H]([C@@H](C)O)C(=O)N1C(C(=O)OCc1ccc([N+](=O)[O-])cc1)=C(Oc1ccc(C(=S)c2cc(Cl)c(Cl)cc2Cl)cc1)SC(=O)C(C)(C)C. The minimum atomic E-state index is -1.02. The molecule has 3 aromatic carbocycles. The van der Waals surface area contributed by atoms with Crippen LogP contribution < -0.4 is 4.74 Å². The maximum absolute atomic E-state index is 14.0. The van der Waals surface area contributed by atoms with E-state index in [-0.39, 0.29) is 44.0 Å². The van der Waals surface area contributed by atoms with Crippen LogP contribution in [0.2, 0.25) is 15.1 Å². The van der Waals surface area contributed by atoms with Gasteiger partial charge in [-0.2, -0.15) is 0 Å². The second-order valence-electron chi connectivity index (χ2n) is 12.3. The third kappa shape index (κ3) is 9.64. The first kappa shape index (κ1) is 40.6. The lowest BCUT2D eigenvalue weighted by Gasteiger charge is -2.48. The quantitative estimate of drug-likeness (QED) is 0.0204. The molecular weight excluding hydrogens is 779 g/mol. The number of halogens is 3. The number of hydrogen-bond donors (Lipinski definition) is 1. The van der Waals surface area contributed by atoms with Gasteiger partial charge in [-0.3, -0.25) is 24.6 Å². The maximum Gasteiger partial charge on any atom is 0.359 e. The van der Waals surface area contributed by atoms with Crippen LogP contribution in [0.5, 0.6) is 5.75 Å². The first-order chi connectivity index (χ1) is 23.9. The molecule has 1 amide bonds. The molecule has 51 heavy (non-hydrogen) atoms. The molecule has 0 spiro atoms. The molecule has 0 unspecified atom stereocenters. The van der Waals surface area contributed by atoms with Crippen LogP contribution in [-0.2, 0) is 25.7 Å². The highest BCUT2D eigenvalue weighted by atomic mass is 35.5. The molecule has 0 saturated carbocycles. The molecule has 16 heteroatoms. The van der Waals surface area contributed by atoms with Gasteiger partial charge in [0, 0.05) is 23.1 Å². The summed E-state index contributed by atoms with van der Waals surface area (Å²) in [7, 11) is 0. The van der Waals surface area contributed by atoms with Crippen molar-refractivity contribution in [1.82, 2.24) is 4.90 Å². The van der Waals surface area contributed by atoms with Crippen molar-refractivity contribution in [3.8, 4) is 5.75 Å². The Morgan fingerprint density at radius 3 is 2.20 bits per heavy atom. The van der Waals surface area contributed by atoms with Crippen molar-refractivity contribution < 1.29 is 33.9 Å². The minimum absolute atomic E-state index is 0.139. The molecule has 1 aliphatic rings. The third-order valence-corrected chi connectivity index (χ3v) is 11.4. The first-order valence-corrected chi connectivity index (χ1v) is 18.8. The van der Waals surface area contributed by atoms with Crippen LogP contribution in [-0.4, -0.2) is 54.0 Å². The molecule has 10 nitrogen and oxygen atoms in total. The molecule has 0 aliphatic carbocycles. The van der Waals surface area contributed by atoms with Gasteiger partial charge in [-0.1, -0.05) is 74.7 Å². The number of nitrogens with zero attached hydrogens (tertiary/aromatic N) is 2. The molecule has 0 bridgehead atoms. The lowest BCUT2D eigenvalue weighted by molar-refractivity contribution is -0.384. The van der Waals surface area contributed by atoms with Gasteiger partial charge >= 0.3 is 5.97 Å². The zero-order valence-corrected chi connectivity index (χ0v) is 32.7. The Balaban J connectivity index is 1.78. The molecule has 4 rings (SSSR count). The summed E-state index contributed by atoms with van der Waals surface area (Å²) >= 11 is 26.3. The van der Waals surface area contributed by atoms with Crippen LogP contribution in [0.4, 0.5) is 5.69 Å². The summed E-state index contributed by atoms with van der Waals surface area (Å²) in [6, 6.07) is 15.0. The van der Waals surface area contributed by atoms with Crippen LogP contribution in [0, 0.1) is 21.4 Å². The second-order valence-corrected chi connectivity index (χ2v) is 16.3. The van der Waals surface area contributed by atoms with E-state index in [9.17, 15) is 29.6 Å². The minimum Gasteiger partial charge on any atom is -0.456 e. The molecule has 3 atom stereocenters. The molecule has 1 fully saturated rings. The molecular formula is C35H33Cl3N2O8S3. The number of amides is 1. The van der Waals surface area contributed by atoms with E-state index in [2.05, 4.69) is 0 Å². The largest absolute Gasteiger partial charge is 0.456 e. The molecule has 1 saturated heterocycles. The van der Waals surface area contributed by atoms with E-state index < -0.39 is 39.6 Å². The fourth-order valence-electron chi connectivity index (χ4n) is 4.72. The van der Waals surface area contributed by atoms with Gasteiger partial charge in [-0.25, -0.2) is 4.79 Å². The highest BCUT2D eigenvalue weighted by Gasteiger charge is 2.54. The Kier molecular flexibility index (Phi) is 13.6. The number of β-lactam (4-membered cyclic amide) rings is 1. The summed E-state index contributed by atoms with van der Waals surface area (Å²) in [5, 5.41) is 21.2. The van der Waals surface area contributed by atoms with Crippen molar-refractivity contribution in [1.29, 1.82) is 0 Å². The molecule has 1 aliphatic heterocycles. The normalized spacial score (nSPS) is 16.9. The van der Waals surface area contributed by atoms with E-state index in [4.69, 9.17) is 56.5 Å². The van der Waals surface area contributed by atoms with Gasteiger partial charge in [0.15, 0.2) is 10.8 Å². The number of nitro benzene ring substituents is 1. The Labute approximate surface area is 323 Å². The fraction of sp³-hybridized carbons (Fsp3) is 0.314. The average molecular weight is 812 g/mol. The number of non-ortho nitro benzene ring substituents is 1. The lowest BCUT2D eigenvalue weighted by atomic mass is 9.92. The van der Waals surface area contributed by atoms with Gasteiger partial charge in [0.1, 0.15) is 12.4 Å². The van der Waals surface area contributed by atoms with Crippen molar-refractivity contribution in [2.45, 2.75) is 52.7 Å². The number of ether oxygens (including phenoxy) is 2. The van der Waals surface area contributed by atoms with Gasteiger partial charge in [0.25, 0.3) is 5.69 Å². The van der Waals surface area contributed by atoms with Crippen molar-refractivity contribution in [2.75, 3.05) is 5.75 Å². The molecule has 270 valence electrons. The van der Waals surface area contributed by atoms with Crippen LogP contribution in [0.15, 0.2) is 71.5 Å². The Bertz CT molecular complexity index is 1880. The van der Waals surface area contributed by atoms with Gasteiger partial charge in [0.2, 0.25) is 11.0 Å². The highest BCUT2D eigenvalue weighted by molar-refractivity contribution is 8.16. The van der Waals surface area contributed by atoms with Gasteiger partial charge in [-0.15, -0.1) is 11.8 Å². The van der Waals surface area contributed by atoms with Crippen LogP contribution in [0.3, 0.4) is 0 Å². The predicted molar refractivity (Wildman–Crippen MR) is 205 cm³/mol. The number of carbonyl (C=O) groups is 3. The zero-order chi connectivity index (χ0) is 37.8. The van der Waals surface area contributed by atoms with Crippen molar-refractivity contribution in [3.05, 3.63) is 113 Å². The maximum atomic E-state index is 14.0. The van der Waals surface area contributed by atoms with E-state index >= 15 is 0 Å². The number of aliphatic hydroxyl groups excluding tert-OH is 1. The molecule has 1 N–H and O–H groups in total. The van der Waals surface area contributed by atoms with E-state index in [0.717, 1.165) is 0 Å². The highest BCUT2D eigenvalue weighted by Crippen LogP contribution is 2.44. The van der Waals surface area contributed by atoms with Crippen molar-refractivity contribution in [2.24, 2.45) is 11.3 Å².